The second kappa shape index (κ2) is 22.6. The van der Waals surface area contributed by atoms with Crippen molar-refractivity contribution in [1.82, 2.24) is 0 Å². The Balaban J connectivity index is 3.16. The Morgan fingerprint density at radius 1 is 0.556 bits per heavy atom. The molecule has 2 nitrogen and oxygen atoms in total. The van der Waals surface area contributed by atoms with E-state index < -0.39 is 5.97 Å². The van der Waals surface area contributed by atoms with Gasteiger partial charge < -0.3 is 5.11 Å². The molecule has 0 aliphatic rings. The summed E-state index contributed by atoms with van der Waals surface area (Å²) in [5.74, 6) is 10.5. The van der Waals surface area contributed by atoms with Crippen molar-refractivity contribution < 1.29 is 9.90 Å². The van der Waals surface area contributed by atoms with E-state index in [4.69, 9.17) is 5.11 Å². The van der Waals surface area contributed by atoms with Crippen molar-refractivity contribution in [3.8, 4) is 23.7 Å². The third kappa shape index (κ3) is 24.6. The van der Waals surface area contributed by atoms with Crippen molar-refractivity contribution in [3.05, 3.63) is 0 Å². The van der Waals surface area contributed by atoms with Gasteiger partial charge in [-0.05, 0) is 19.3 Å². The lowest BCUT2D eigenvalue weighted by Gasteiger charge is -2.00. The van der Waals surface area contributed by atoms with Gasteiger partial charge in [-0.15, -0.1) is 11.8 Å². The highest BCUT2D eigenvalue weighted by Gasteiger charge is 1.92. The zero-order valence-corrected chi connectivity index (χ0v) is 17.8. The summed E-state index contributed by atoms with van der Waals surface area (Å²) < 4.78 is 0. The van der Waals surface area contributed by atoms with Crippen molar-refractivity contribution in [1.29, 1.82) is 0 Å². The van der Waals surface area contributed by atoms with Crippen LogP contribution in [0, 0.1) is 23.7 Å². The molecule has 0 aliphatic heterocycles. The fraction of sp³-hybridized carbons (Fsp3) is 0.800. The molecule has 1 N–H and O–H groups in total. The van der Waals surface area contributed by atoms with Gasteiger partial charge in [-0.2, -0.15) is 0 Å². The number of carbonyl (C=O) groups is 1. The van der Waals surface area contributed by atoms with Crippen LogP contribution in [0.25, 0.3) is 0 Å². The monoisotopic (exact) mass is 374 g/mol. The van der Waals surface area contributed by atoms with E-state index in [1.807, 2.05) is 0 Å². The molecule has 0 aliphatic carbocycles. The molecule has 0 unspecified atom stereocenters. The number of aliphatic carboxylic acids is 1. The first-order valence-electron chi connectivity index (χ1n) is 11.4. The molecule has 2 heteroatoms. The second-order valence-electron chi connectivity index (χ2n) is 7.51. The number of unbranched alkanes of at least 4 members (excludes halogenated alkanes) is 17. The topological polar surface area (TPSA) is 37.3 Å². The maximum absolute atomic E-state index is 10.2. The minimum atomic E-state index is -1.02. The second-order valence-corrected chi connectivity index (χ2v) is 7.51. The summed E-state index contributed by atoms with van der Waals surface area (Å²) >= 11 is 0. The SMILES string of the molecule is CCCCCCCCCCCCC#CCCCCCCCCC#CC(=O)O. The summed E-state index contributed by atoms with van der Waals surface area (Å²) in [4.78, 5) is 10.2. The van der Waals surface area contributed by atoms with E-state index in [9.17, 15) is 4.79 Å². The van der Waals surface area contributed by atoms with E-state index in [0.717, 1.165) is 25.7 Å². The molecule has 0 aromatic rings. The predicted octanol–water partition coefficient (Wildman–Crippen LogP) is 7.51. The number of carboxylic acids is 1. The third-order valence-electron chi connectivity index (χ3n) is 4.83. The average Bonchev–Trinajstić information content (AvgIpc) is 2.65. The zero-order valence-electron chi connectivity index (χ0n) is 17.8. The third-order valence-corrected chi connectivity index (χ3v) is 4.83. The van der Waals surface area contributed by atoms with Crippen LogP contribution in [0.3, 0.4) is 0 Å². The molecule has 0 atom stereocenters. The smallest absolute Gasteiger partial charge is 0.381 e. The van der Waals surface area contributed by atoms with Crippen LogP contribution in [0.5, 0.6) is 0 Å². The van der Waals surface area contributed by atoms with Crippen LogP contribution in [0.2, 0.25) is 0 Å². The fourth-order valence-electron chi connectivity index (χ4n) is 3.15. The molecule has 154 valence electrons. The lowest BCUT2D eigenvalue weighted by Crippen LogP contribution is -1.86. The molecule has 0 aromatic carbocycles. The average molecular weight is 375 g/mol. The Hall–Kier alpha value is -1.41. The Kier molecular flexibility index (Phi) is 21.4. The highest BCUT2D eigenvalue weighted by Crippen LogP contribution is 2.11. The van der Waals surface area contributed by atoms with Crippen LogP contribution < -0.4 is 0 Å². The maximum atomic E-state index is 10.2. The summed E-state index contributed by atoms with van der Waals surface area (Å²) in [6, 6.07) is 0. The van der Waals surface area contributed by atoms with Crippen LogP contribution in [-0.2, 0) is 4.79 Å². The van der Waals surface area contributed by atoms with Crippen molar-refractivity contribution in [2.45, 2.75) is 129 Å². The molecule has 0 saturated heterocycles. The van der Waals surface area contributed by atoms with Gasteiger partial charge in [-0.25, -0.2) is 4.79 Å². The lowest BCUT2D eigenvalue weighted by molar-refractivity contribution is -0.130. The highest BCUT2D eigenvalue weighted by atomic mass is 16.4. The molecule has 0 saturated carbocycles. The molecule has 0 spiro atoms. The minimum absolute atomic E-state index is 0.705. The summed E-state index contributed by atoms with van der Waals surface area (Å²) in [6.07, 6.45) is 23.8. The maximum Gasteiger partial charge on any atom is 0.381 e. The van der Waals surface area contributed by atoms with Crippen molar-refractivity contribution in [2.24, 2.45) is 0 Å². The number of carboxylic acid groups (broad SMARTS) is 1. The van der Waals surface area contributed by atoms with E-state index in [2.05, 4.69) is 30.6 Å². The largest absolute Gasteiger partial charge is 0.472 e. The van der Waals surface area contributed by atoms with Crippen LogP contribution in [-0.4, -0.2) is 11.1 Å². The predicted molar refractivity (Wildman–Crippen MR) is 117 cm³/mol. The van der Waals surface area contributed by atoms with Gasteiger partial charge in [-0.3, -0.25) is 0 Å². The first-order valence-corrected chi connectivity index (χ1v) is 11.4. The number of hydrogen-bond acceptors (Lipinski definition) is 1. The van der Waals surface area contributed by atoms with Gasteiger partial charge in [0.25, 0.3) is 0 Å². The van der Waals surface area contributed by atoms with Gasteiger partial charge in [0.2, 0.25) is 0 Å². The van der Waals surface area contributed by atoms with Crippen LogP contribution in [0.1, 0.15) is 129 Å². The lowest BCUT2D eigenvalue weighted by atomic mass is 10.1. The zero-order chi connectivity index (χ0) is 19.8. The number of hydrogen-bond donors (Lipinski definition) is 1. The van der Waals surface area contributed by atoms with Crippen LogP contribution in [0.15, 0.2) is 0 Å². The van der Waals surface area contributed by atoms with Gasteiger partial charge in [0.15, 0.2) is 0 Å². The van der Waals surface area contributed by atoms with Gasteiger partial charge in [0, 0.05) is 25.2 Å². The van der Waals surface area contributed by atoms with Gasteiger partial charge in [-0.1, -0.05) is 96.3 Å². The first-order chi connectivity index (χ1) is 13.3. The van der Waals surface area contributed by atoms with E-state index in [1.54, 1.807) is 0 Å². The standard InChI is InChI=1S/C25H42O2/c1-2-3-4-5-6-7-8-9-10-11-12-13-14-15-16-17-18-19-20-21-22-23-24-25(26)27/h2-12,15-22H2,1H3,(H,26,27). The first kappa shape index (κ1) is 25.6. The normalized spacial score (nSPS) is 9.96. The Morgan fingerprint density at radius 3 is 1.26 bits per heavy atom. The Morgan fingerprint density at radius 2 is 0.889 bits per heavy atom. The molecular weight excluding hydrogens is 332 g/mol. The van der Waals surface area contributed by atoms with Crippen LogP contribution in [0.4, 0.5) is 0 Å². The quantitative estimate of drug-likeness (QED) is 0.211. The summed E-state index contributed by atoms with van der Waals surface area (Å²) in [5.41, 5.74) is 0. The molecule has 0 heterocycles. The van der Waals surface area contributed by atoms with Crippen LogP contribution >= 0.6 is 0 Å². The van der Waals surface area contributed by atoms with Gasteiger partial charge in [0.05, 0.1) is 0 Å². The van der Waals surface area contributed by atoms with Crippen molar-refractivity contribution in [2.75, 3.05) is 0 Å². The minimum Gasteiger partial charge on any atom is -0.472 e. The molecule has 0 amide bonds. The summed E-state index contributed by atoms with van der Waals surface area (Å²) in [5, 5.41) is 8.39. The summed E-state index contributed by atoms with van der Waals surface area (Å²) in [7, 11) is 0. The van der Waals surface area contributed by atoms with Gasteiger partial charge >= 0.3 is 5.97 Å². The van der Waals surface area contributed by atoms with E-state index >= 15 is 0 Å². The number of rotatable bonds is 17. The van der Waals surface area contributed by atoms with Gasteiger partial charge in [0.1, 0.15) is 0 Å². The van der Waals surface area contributed by atoms with Crippen molar-refractivity contribution in [3.63, 3.8) is 0 Å². The van der Waals surface area contributed by atoms with Crippen molar-refractivity contribution >= 4 is 5.97 Å². The van der Waals surface area contributed by atoms with E-state index in [-0.39, 0.29) is 0 Å². The molecule has 27 heavy (non-hydrogen) atoms. The molecule has 0 aromatic heterocycles. The highest BCUT2D eigenvalue weighted by molar-refractivity contribution is 5.86. The summed E-state index contributed by atoms with van der Waals surface area (Å²) in [6.45, 7) is 2.27. The van der Waals surface area contributed by atoms with E-state index in [0.29, 0.717) is 6.42 Å². The Bertz CT molecular complexity index is 444. The molecule has 0 radical (unpaired) electrons. The fourth-order valence-corrected chi connectivity index (χ4v) is 3.15. The Labute approximate surface area is 168 Å². The molecule has 0 fully saturated rings. The molecular formula is C25H42O2. The van der Waals surface area contributed by atoms with E-state index in [1.165, 1.54) is 89.9 Å². The molecule has 0 rings (SSSR count). The molecule has 0 bridgehead atoms.